The molecule has 0 fully saturated rings. The summed E-state index contributed by atoms with van der Waals surface area (Å²) in [6, 6.07) is 0. The average Bonchev–Trinajstić information content (AvgIpc) is 2.22. The highest BCUT2D eigenvalue weighted by molar-refractivity contribution is 6.17. The zero-order valence-electron chi connectivity index (χ0n) is 10.3. The topological polar surface area (TPSA) is 55.8 Å². The standard InChI is InChI=1S/C11H19NO4/c1-5-16-11(14)9(8-12(2)3)10(13)6-7-15-4/h8H,5-7H2,1-4H3/b9-8-. The zero-order chi connectivity index (χ0) is 12.6. The summed E-state index contributed by atoms with van der Waals surface area (Å²) in [5, 5.41) is 0. The monoisotopic (exact) mass is 229 g/mol. The van der Waals surface area contributed by atoms with Crippen molar-refractivity contribution in [2.45, 2.75) is 13.3 Å². The van der Waals surface area contributed by atoms with Crippen LogP contribution in [0.4, 0.5) is 0 Å². The van der Waals surface area contributed by atoms with E-state index < -0.39 is 5.97 Å². The second-order valence-corrected chi connectivity index (χ2v) is 3.39. The fraction of sp³-hybridized carbons (Fsp3) is 0.636. The van der Waals surface area contributed by atoms with Gasteiger partial charge in [-0.3, -0.25) is 4.79 Å². The predicted molar refractivity (Wildman–Crippen MR) is 59.9 cm³/mol. The van der Waals surface area contributed by atoms with Gasteiger partial charge in [-0.2, -0.15) is 0 Å². The molecular weight excluding hydrogens is 210 g/mol. The Labute approximate surface area is 96.0 Å². The molecule has 0 bridgehead atoms. The SMILES string of the molecule is CCOC(=O)/C(=C\N(C)C)C(=O)CCOC. The first-order chi connectivity index (χ1) is 7.52. The minimum Gasteiger partial charge on any atom is -0.462 e. The van der Waals surface area contributed by atoms with E-state index in [1.54, 1.807) is 25.9 Å². The van der Waals surface area contributed by atoms with Crippen LogP contribution in [0.1, 0.15) is 13.3 Å². The number of carbonyl (C=O) groups is 2. The maximum Gasteiger partial charge on any atom is 0.343 e. The van der Waals surface area contributed by atoms with E-state index in [0.29, 0.717) is 6.61 Å². The van der Waals surface area contributed by atoms with E-state index in [1.807, 2.05) is 0 Å². The molecule has 0 N–H and O–H groups in total. The van der Waals surface area contributed by atoms with Crippen LogP contribution in [0.5, 0.6) is 0 Å². The summed E-state index contributed by atoms with van der Waals surface area (Å²) in [6.07, 6.45) is 1.64. The molecule has 0 aliphatic carbocycles. The Kier molecular flexibility index (Phi) is 7.20. The molecule has 92 valence electrons. The molecule has 0 amide bonds. The van der Waals surface area contributed by atoms with Crippen LogP contribution >= 0.6 is 0 Å². The normalized spacial score (nSPS) is 11.1. The van der Waals surface area contributed by atoms with Gasteiger partial charge in [0.2, 0.25) is 0 Å². The number of ether oxygens (including phenoxy) is 2. The number of Topliss-reactive ketones (excluding diaryl/α,β-unsaturated/α-hetero) is 1. The summed E-state index contributed by atoms with van der Waals surface area (Å²) < 4.78 is 9.60. The van der Waals surface area contributed by atoms with Crippen LogP contribution in [0, 0.1) is 0 Å². The lowest BCUT2D eigenvalue weighted by Gasteiger charge is -2.10. The van der Waals surface area contributed by atoms with E-state index in [-0.39, 0.29) is 24.4 Å². The molecule has 5 nitrogen and oxygen atoms in total. The molecule has 0 aromatic rings. The van der Waals surface area contributed by atoms with Gasteiger partial charge in [-0.1, -0.05) is 0 Å². The lowest BCUT2D eigenvalue weighted by Crippen LogP contribution is -2.20. The molecule has 0 atom stereocenters. The van der Waals surface area contributed by atoms with Gasteiger partial charge in [0.1, 0.15) is 5.57 Å². The third kappa shape index (κ3) is 5.50. The van der Waals surface area contributed by atoms with E-state index in [2.05, 4.69) is 0 Å². The molecule has 0 radical (unpaired) electrons. The second kappa shape index (κ2) is 7.87. The summed E-state index contributed by atoms with van der Waals surface area (Å²) in [6.45, 7) is 2.25. The van der Waals surface area contributed by atoms with Gasteiger partial charge in [-0.25, -0.2) is 4.79 Å². The van der Waals surface area contributed by atoms with Crippen molar-refractivity contribution in [3.05, 3.63) is 11.8 Å². The first-order valence-electron chi connectivity index (χ1n) is 5.10. The highest BCUT2D eigenvalue weighted by Gasteiger charge is 2.19. The highest BCUT2D eigenvalue weighted by atomic mass is 16.5. The number of rotatable bonds is 7. The molecule has 0 rings (SSSR count). The van der Waals surface area contributed by atoms with E-state index in [9.17, 15) is 9.59 Å². The molecule has 0 heterocycles. The van der Waals surface area contributed by atoms with Crippen molar-refractivity contribution in [2.75, 3.05) is 34.4 Å². The Hall–Kier alpha value is -1.36. The third-order valence-electron chi connectivity index (χ3n) is 1.72. The molecule has 0 aromatic carbocycles. The molecule has 0 unspecified atom stereocenters. The number of carbonyl (C=O) groups excluding carboxylic acids is 2. The van der Waals surface area contributed by atoms with Gasteiger partial charge < -0.3 is 14.4 Å². The number of methoxy groups -OCH3 is 1. The molecule has 5 heteroatoms. The van der Waals surface area contributed by atoms with E-state index >= 15 is 0 Å². The van der Waals surface area contributed by atoms with Crippen molar-refractivity contribution in [3.8, 4) is 0 Å². The fourth-order valence-electron chi connectivity index (χ4n) is 1.04. The summed E-state index contributed by atoms with van der Waals surface area (Å²) in [4.78, 5) is 24.8. The first kappa shape index (κ1) is 14.6. The van der Waals surface area contributed by atoms with Crippen LogP contribution in [0.2, 0.25) is 0 Å². The molecule has 0 aliphatic heterocycles. The third-order valence-corrected chi connectivity index (χ3v) is 1.72. The quantitative estimate of drug-likeness (QED) is 0.277. The van der Waals surface area contributed by atoms with Gasteiger partial charge in [0.25, 0.3) is 0 Å². The van der Waals surface area contributed by atoms with Gasteiger partial charge in [-0.05, 0) is 6.92 Å². The van der Waals surface area contributed by atoms with E-state index in [1.165, 1.54) is 13.3 Å². The van der Waals surface area contributed by atoms with Gasteiger partial charge in [0.05, 0.1) is 13.2 Å². The van der Waals surface area contributed by atoms with Crippen molar-refractivity contribution >= 4 is 11.8 Å². The maximum atomic E-state index is 11.7. The molecule has 0 saturated heterocycles. The minimum atomic E-state index is -0.586. The Morgan fingerprint density at radius 1 is 1.31 bits per heavy atom. The predicted octanol–water partition coefficient (Wildman–Crippen LogP) is 0.601. The largest absolute Gasteiger partial charge is 0.462 e. The number of hydrogen-bond donors (Lipinski definition) is 0. The summed E-state index contributed by atoms with van der Waals surface area (Å²) in [5.41, 5.74) is 0.0592. The molecular formula is C11H19NO4. The van der Waals surface area contributed by atoms with Gasteiger partial charge in [0, 0.05) is 33.8 Å². The summed E-state index contributed by atoms with van der Waals surface area (Å²) in [5.74, 6) is -0.855. The van der Waals surface area contributed by atoms with Crippen LogP contribution in [-0.4, -0.2) is 51.1 Å². The van der Waals surface area contributed by atoms with Crippen LogP contribution < -0.4 is 0 Å². The van der Waals surface area contributed by atoms with E-state index in [0.717, 1.165) is 0 Å². The van der Waals surface area contributed by atoms with Crippen molar-refractivity contribution in [2.24, 2.45) is 0 Å². The second-order valence-electron chi connectivity index (χ2n) is 3.39. The van der Waals surface area contributed by atoms with Crippen LogP contribution in [0.15, 0.2) is 11.8 Å². The fourth-order valence-corrected chi connectivity index (χ4v) is 1.04. The smallest absolute Gasteiger partial charge is 0.343 e. The lowest BCUT2D eigenvalue weighted by atomic mass is 10.1. The van der Waals surface area contributed by atoms with Crippen LogP contribution in [0.3, 0.4) is 0 Å². The molecule has 16 heavy (non-hydrogen) atoms. The Bertz CT molecular complexity index is 271. The zero-order valence-corrected chi connectivity index (χ0v) is 10.3. The first-order valence-corrected chi connectivity index (χ1v) is 5.10. The van der Waals surface area contributed by atoms with Crippen molar-refractivity contribution < 1.29 is 19.1 Å². The minimum absolute atomic E-state index is 0.0592. The van der Waals surface area contributed by atoms with Crippen molar-refractivity contribution in [1.29, 1.82) is 0 Å². The van der Waals surface area contributed by atoms with Crippen LogP contribution in [0.25, 0.3) is 0 Å². The Balaban J connectivity index is 4.67. The Morgan fingerprint density at radius 2 is 1.94 bits per heavy atom. The highest BCUT2D eigenvalue weighted by Crippen LogP contribution is 2.05. The maximum absolute atomic E-state index is 11.7. The molecule has 0 aliphatic rings. The number of hydrogen-bond acceptors (Lipinski definition) is 5. The number of nitrogens with zero attached hydrogens (tertiary/aromatic N) is 1. The van der Waals surface area contributed by atoms with Crippen molar-refractivity contribution in [3.63, 3.8) is 0 Å². The number of esters is 1. The molecule has 0 spiro atoms. The Morgan fingerprint density at radius 3 is 2.38 bits per heavy atom. The molecule has 0 aromatic heterocycles. The van der Waals surface area contributed by atoms with Gasteiger partial charge >= 0.3 is 5.97 Å². The lowest BCUT2D eigenvalue weighted by molar-refractivity contribution is -0.140. The van der Waals surface area contributed by atoms with Crippen LogP contribution in [-0.2, 0) is 19.1 Å². The van der Waals surface area contributed by atoms with Crippen molar-refractivity contribution in [1.82, 2.24) is 4.90 Å². The average molecular weight is 229 g/mol. The number of ketones is 1. The van der Waals surface area contributed by atoms with E-state index in [4.69, 9.17) is 9.47 Å². The van der Waals surface area contributed by atoms with Gasteiger partial charge in [-0.15, -0.1) is 0 Å². The molecule has 0 saturated carbocycles. The summed E-state index contributed by atoms with van der Waals surface area (Å²) in [7, 11) is 4.98. The van der Waals surface area contributed by atoms with Gasteiger partial charge in [0.15, 0.2) is 5.78 Å². The summed E-state index contributed by atoms with van der Waals surface area (Å²) >= 11 is 0.